The molecule has 1 heterocycles. The average Bonchev–Trinajstić information content (AvgIpc) is 3.06. The van der Waals surface area contributed by atoms with Crippen molar-refractivity contribution in [1.82, 2.24) is 4.90 Å². The van der Waals surface area contributed by atoms with Crippen molar-refractivity contribution in [2.45, 2.75) is 25.4 Å². The summed E-state index contributed by atoms with van der Waals surface area (Å²) in [5, 5.41) is 9.98. The quantitative estimate of drug-likeness (QED) is 0.745. The normalized spacial score (nSPS) is 22.4. The molecular weight excluding hydrogens is 356 g/mol. The molecule has 1 saturated heterocycles. The maximum atomic E-state index is 13.0. The predicted octanol–water partition coefficient (Wildman–Crippen LogP) is 3.41. The lowest BCUT2D eigenvalue weighted by Crippen LogP contribution is -2.39. The maximum absolute atomic E-state index is 13.0. The zero-order valence-electron chi connectivity index (χ0n) is 16.1. The molecule has 1 amide bonds. The number of rotatable bonds is 5. The van der Waals surface area contributed by atoms with Gasteiger partial charge in [-0.15, -0.1) is 0 Å². The summed E-state index contributed by atoms with van der Waals surface area (Å²) in [6.07, 6.45) is -0.218. The summed E-state index contributed by atoms with van der Waals surface area (Å²) in [6.45, 7) is 1.90. The number of amides is 1. The van der Waals surface area contributed by atoms with Gasteiger partial charge in [-0.3, -0.25) is 9.59 Å². The lowest BCUT2D eigenvalue weighted by molar-refractivity contribution is -0.151. The van der Waals surface area contributed by atoms with E-state index in [0.717, 1.165) is 5.56 Å². The van der Waals surface area contributed by atoms with Gasteiger partial charge in [-0.2, -0.15) is 5.26 Å². The van der Waals surface area contributed by atoms with E-state index in [1.54, 1.807) is 36.3 Å². The molecule has 28 heavy (non-hydrogen) atoms. The van der Waals surface area contributed by atoms with E-state index in [1.165, 1.54) is 7.11 Å². The molecule has 0 bridgehead atoms. The maximum Gasteiger partial charge on any atom is 0.329 e. The molecule has 0 unspecified atom stereocenters. The Morgan fingerprint density at radius 1 is 1.18 bits per heavy atom. The van der Waals surface area contributed by atoms with Crippen molar-refractivity contribution in [3.63, 3.8) is 0 Å². The van der Waals surface area contributed by atoms with E-state index in [4.69, 9.17) is 9.47 Å². The van der Waals surface area contributed by atoms with Gasteiger partial charge in [-0.05, 0) is 30.2 Å². The molecule has 0 spiro atoms. The van der Waals surface area contributed by atoms with E-state index in [9.17, 15) is 14.9 Å². The highest BCUT2D eigenvalue weighted by Crippen LogP contribution is 2.51. The van der Waals surface area contributed by atoms with Gasteiger partial charge in [-0.1, -0.05) is 42.5 Å². The van der Waals surface area contributed by atoms with Gasteiger partial charge in [0.05, 0.1) is 38.8 Å². The van der Waals surface area contributed by atoms with Gasteiger partial charge in [0, 0.05) is 0 Å². The van der Waals surface area contributed by atoms with Crippen LogP contribution in [0.5, 0.6) is 5.75 Å². The van der Waals surface area contributed by atoms with E-state index >= 15 is 0 Å². The SMILES string of the molecule is COC(=O)[C@]1(C#N)CC(=O)N([C@@H](C)c2ccccc2)[C@@H]1c1ccc(OC)cc1. The Bertz CT molecular complexity index is 904. The number of nitriles is 1. The van der Waals surface area contributed by atoms with Crippen molar-refractivity contribution in [2.75, 3.05) is 14.2 Å². The van der Waals surface area contributed by atoms with Crippen LogP contribution in [0.2, 0.25) is 0 Å². The molecule has 1 aliphatic rings. The summed E-state index contributed by atoms with van der Waals surface area (Å²) < 4.78 is 10.1. The first-order valence-electron chi connectivity index (χ1n) is 8.98. The molecular formula is C22H22N2O4. The molecule has 0 saturated carbocycles. The van der Waals surface area contributed by atoms with Crippen molar-refractivity contribution in [3.8, 4) is 11.8 Å². The molecule has 0 aromatic heterocycles. The van der Waals surface area contributed by atoms with E-state index in [-0.39, 0.29) is 18.4 Å². The number of esters is 1. The topological polar surface area (TPSA) is 79.6 Å². The molecule has 6 nitrogen and oxygen atoms in total. The molecule has 6 heteroatoms. The van der Waals surface area contributed by atoms with Gasteiger partial charge in [0.2, 0.25) is 5.91 Å². The van der Waals surface area contributed by atoms with E-state index < -0.39 is 17.4 Å². The third-order valence-electron chi connectivity index (χ3n) is 5.34. The molecule has 0 radical (unpaired) electrons. The van der Waals surface area contributed by atoms with Crippen LogP contribution in [0.25, 0.3) is 0 Å². The van der Waals surface area contributed by atoms with Gasteiger partial charge >= 0.3 is 5.97 Å². The zero-order valence-corrected chi connectivity index (χ0v) is 16.1. The van der Waals surface area contributed by atoms with Gasteiger partial charge in [0.15, 0.2) is 5.41 Å². The molecule has 0 aliphatic carbocycles. The summed E-state index contributed by atoms with van der Waals surface area (Å²) in [4.78, 5) is 27.3. The Kier molecular flexibility index (Phi) is 5.36. The summed E-state index contributed by atoms with van der Waals surface area (Å²) in [5.41, 5.74) is -0.00180. The third kappa shape index (κ3) is 3.09. The smallest absolute Gasteiger partial charge is 0.329 e. The van der Waals surface area contributed by atoms with Crippen LogP contribution in [0.4, 0.5) is 0 Å². The van der Waals surface area contributed by atoms with Crippen LogP contribution in [-0.4, -0.2) is 31.0 Å². The fourth-order valence-corrected chi connectivity index (χ4v) is 3.88. The molecule has 144 valence electrons. The lowest BCUT2D eigenvalue weighted by Gasteiger charge is -2.35. The van der Waals surface area contributed by atoms with E-state index in [0.29, 0.717) is 11.3 Å². The molecule has 1 aliphatic heterocycles. The first kappa shape index (κ1) is 19.4. The molecule has 1 fully saturated rings. The van der Waals surface area contributed by atoms with Gasteiger partial charge < -0.3 is 14.4 Å². The number of nitrogens with zero attached hydrogens (tertiary/aromatic N) is 2. The number of benzene rings is 2. The second kappa shape index (κ2) is 7.73. The number of hydrogen-bond acceptors (Lipinski definition) is 5. The second-order valence-electron chi connectivity index (χ2n) is 6.81. The minimum atomic E-state index is -1.61. The Morgan fingerprint density at radius 3 is 2.36 bits per heavy atom. The van der Waals surface area contributed by atoms with Gasteiger partial charge in [-0.25, -0.2) is 0 Å². The van der Waals surface area contributed by atoms with Crippen LogP contribution in [0.15, 0.2) is 54.6 Å². The fraction of sp³-hybridized carbons (Fsp3) is 0.318. The number of carbonyl (C=O) groups is 2. The monoisotopic (exact) mass is 378 g/mol. The summed E-state index contributed by atoms with van der Waals surface area (Å²) in [5.74, 6) is -0.313. The fourth-order valence-electron chi connectivity index (χ4n) is 3.88. The van der Waals surface area contributed by atoms with Crippen LogP contribution in [0.3, 0.4) is 0 Å². The van der Waals surface area contributed by atoms with Crippen molar-refractivity contribution in [2.24, 2.45) is 5.41 Å². The van der Waals surface area contributed by atoms with Crippen LogP contribution in [-0.2, 0) is 14.3 Å². The van der Waals surface area contributed by atoms with Gasteiger partial charge in [0.1, 0.15) is 5.75 Å². The van der Waals surface area contributed by atoms with Crippen LogP contribution >= 0.6 is 0 Å². The highest BCUT2D eigenvalue weighted by atomic mass is 16.5. The predicted molar refractivity (Wildman–Crippen MR) is 102 cm³/mol. The Labute approximate surface area is 164 Å². The first-order chi connectivity index (χ1) is 13.5. The average molecular weight is 378 g/mol. The highest BCUT2D eigenvalue weighted by Gasteiger charge is 2.60. The zero-order chi connectivity index (χ0) is 20.3. The van der Waals surface area contributed by atoms with Crippen molar-refractivity contribution < 1.29 is 19.1 Å². The van der Waals surface area contributed by atoms with Crippen molar-refractivity contribution >= 4 is 11.9 Å². The van der Waals surface area contributed by atoms with E-state index in [2.05, 4.69) is 6.07 Å². The van der Waals surface area contributed by atoms with Crippen LogP contribution < -0.4 is 4.74 Å². The largest absolute Gasteiger partial charge is 0.497 e. The highest BCUT2D eigenvalue weighted by molar-refractivity contribution is 5.93. The minimum absolute atomic E-state index is 0.218. The summed E-state index contributed by atoms with van der Waals surface area (Å²) in [7, 11) is 2.80. The lowest BCUT2D eigenvalue weighted by atomic mass is 9.78. The number of likely N-dealkylation sites (tertiary alicyclic amines) is 1. The summed E-state index contributed by atoms with van der Waals surface area (Å²) in [6, 6.07) is 17.6. The minimum Gasteiger partial charge on any atom is -0.497 e. The van der Waals surface area contributed by atoms with Crippen molar-refractivity contribution in [3.05, 3.63) is 65.7 Å². The molecule has 0 N–H and O–H groups in total. The number of hydrogen-bond donors (Lipinski definition) is 0. The first-order valence-corrected chi connectivity index (χ1v) is 8.98. The molecule has 3 atom stereocenters. The molecule has 2 aromatic carbocycles. The Morgan fingerprint density at radius 2 is 1.82 bits per heavy atom. The Hall–Kier alpha value is -3.33. The molecule has 2 aromatic rings. The standard InChI is InChI=1S/C22H22N2O4/c1-15(16-7-5-4-6-8-16)24-19(25)13-22(14-23,21(26)28-3)20(24)17-9-11-18(27-2)12-10-17/h4-12,15,20H,13H2,1-3H3/t15-,20+,22-/m0/s1. The Balaban J connectivity index is 2.15. The summed E-state index contributed by atoms with van der Waals surface area (Å²) >= 11 is 0. The number of carbonyl (C=O) groups excluding carboxylic acids is 2. The number of methoxy groups -OCH3 is 2. The second-order valence-corrected chi connectivity index (χ2v) is 6.81. The van der Waals surface area contributed by atoms with Crippen LogP contribution in [0, 0.1) is 16.7 Å². The van der Waals surface area contributed by atoms with E-state index in [1.807, 2.05) is 37.3 Å². The third-order valence-corrected chi connectivity index (χ3v) is 5.34. The van der Waals surface area contributed by atoms with Crippen LogP contribution in [0.1, 0.15) is 36.6 Å². The molecule has 3 rings (SSSR count). The number of ether oxygens (including phenoxy) is 2. The van der Waals surface area contributed by atoms with Gasteiger partial charge in [0.25, 0.3) is 0 Å². The van der Waals surface area contributed by atoms with Crippen molar-refractivity contribution in [1.29, 1.82) is 5.26 Å².